The van der Waals surface area contributed by atoms with Crippen LogP contribution in [-0.2, 0) is 5.41 Å². The molecular formula is C19H22ClN3. The fourth-order valence-corrected chi connectivity index (χ4v) is 3.77. The summed E-state index contributed by atoms with van der Waals surface area (Å²) in [6, 6.07) is 4.20. The van der Waals surface area contributed by atoms with Gasteiger partial charge >= 0.3 is 0 Å². The van der Waals surface area contributed by atoms with Crippen molar-refractivity contribution in [2.45, 2.75) is 39.0 Å². The number of hydrogen-bond acceptors (Lipinski definition) is 3. The Balaban J connectivity index is 2.31. The maximum absolute atomic E-state index is 6.36. The van der Waals surface area contributed by atoms with E-state index in [1.807, 2.05) is 14.0 Å². The number of nitrogens with zero attached hydrogens (tertiary/aromatic N) is 3. The second-order valence-electron chi connectivity index (χ2n) is 6.43. The van der Waals surface area contributed by atoms with Gasteiger partial charge in [-0.1, -0.05) is 43.7 Å². The van der Waals surface area contributed by atoms with Crippen molar-refractivity contribution in [2.24, 2.45) is 0 Å². The van der Waals surface area contributed by atoms with Gasteiger partial charge in [0.15, 0.2) is 0 Å². The van der Waals surface area contributed by atoms with Crippen LogP contribution in [0.15, 0.2) is 36.6 Å². The van der Waals surface area contributed by atoms with E-state index in [4.69, 9.17) is 11.6 Å². The zero-order valence-electron chi connectivity index (χ0n) is 14.2. The molecule has 1 aliphatic rings. The highest BCUT2D eigenvalue weighted by atomic mass is 35.5. The standard InChI is InChI=1S/C19H22ClN3/c1-7-8-11(2)19(5)12(3)23(6)17-10-16-14(9-15(17)19)18(20)22-13(4)21-16/h9-10H,2-3,7-8H2,1,4-6H3. The van der Waals surface area contributed by atoms with E-state index in [1.165, 1.54) is 11.1 Å². The third kappa shape index (κ3) is 2.18. The van der Waals surface area contributed by atoms with Crippen molar-refractivity contribution < 1.29 is 0 Å². The largest absolute Gasteiger partial charge is 0.347 e. The predicted molar refractivity (Wildman–Crippen MR) is 98.2 cm³/mol. The Morgan fingerprint density at radius 1 is 1.35 bits per heavy atom. The van der Waals surface area contributed by atoms with Gasteiger partial charge in [-0.15, -0.1) is 0 Å². The number of hydrogen-bond donors (Lipinski definition) is 0. The summed E-state index contributed by atoms with van der Waals surface area (Å²) in [5, 5.41) is 1.38. The second kappa shape index (κ2) is 5.34. The fourth-order valence-electron chi connectivity index (χ4n) is 3.50. The van der Waals surface area contributed by atoms with Gasteiger partial charge in [0.25, 0.3) is 0 Å². The van der Waals surface area contributed by atoms with Crippen molar-refractivity contribution in [3.63, 3.8) is 0 Å². The summed E-state index contributed by atoms with van der Waals surface area (Å²) < 4.78 is 0. The molecule has 1 aromatic heterocycles. The molecule has 0 amide bonds. The van der Waals surface area contributed by atoms with Crippen molar-refractivity contribution in [2.75, 3.05) is 11.9 Å². The molecular weight excluding hydrogens is 306 g/mol. The van der Waals surface area contributed by atoms with Crippen molar-refractivity contribution in [1.29, 1.82) is 0 Å². The molecule has 1 unspecified atom stereocenters. The summed E-state index contributed by atoms with van der Waals surface area (Å²) in [5.74, 6) is 0.681. The number of rotatable bonds is 3. The molecule has 3 rings (SSSR count). The fraction of sp³-hybridized carbons (Fsp3) is 0.368. The minimum Gasteiger partial charge on any atom is -0.347 e. The maximum atomic E-state index is 6.36. The van der Waals surface area contributed by atoms with Crippen molar-refractivity contribution in [3.8, 4) is 0 Å². The molecule has 2 heterocycles. The number of anilines is 1. The predicted octanol–water partition coefficient (Wildman–Crippen LogP) is 5.17. The van der Waals surface area contributed by atoms with Crippen molar-refractivity contribution in [3.05, 3.63) is 53.1 Å². The van der Waals surface area contributed by atoms with Gasteiger partial charge in [-0.3, -0.25) is 0 Å². The average Bonchev–Trinajstić information content (AvgIpc) is 2.68. The van der Waals surface area contributed by atoms with Gasteiger partial charge in [-0.05, 0) is 38.0 Å². The minimum absolute atomic E-state index is 0.275. The Labute approximate surface area is 142 Å². The summed E-state index contributed by atoms with van der Waals surface area (Å²) in [7, 11) is 2.05. The molecule has 23 heavy (non-hydrogen) atoms. The first kappa shape index (κ1) is 16.0. The van der Waals surface area contributed by atoms with Crippen LogP contribution < -0.4 is 4.90 Å². The number of aryl methyl sites for hydroxylation is 1. The first-order valence-electron chi connectivity index (χ1n) is 7.90. The zero-order chi connectivity index (χ0) is 16.9. The molecule has 1 atom stereocenters. The number of aromatic nitrogens is 2. The van der Waals surface area contributed by atoms with Gasteiger partial charge in [0.2, 0.25) is 0 Å². The Bertz CT molecular complexity index is 840. The van der Waals surface area contributed by atoms with E-state index in [-0.39, 0.29) is 5.41 Å². The Morgan fingerprint density at radius 2 is 2.04 bits per heavy atom. The lowest BCUT2D eigenvalue weighted by Gasteiger charge is -2.30. The molecule has 2 aromatic rings. The number of likely N-dealkylation sites (N-methyl/N-ethyl adjacent to an activating group) is 1. The smallest absolute Gasteiger partial charge is 0.140 e. The van der Waals surface area contributed by atoms with E-state index in [0.717, 1.165) is 35.1 Å². The number of allylic oxidation sites excluding steroid dienone is 1. The maximum Gasteiger partial charge on any atom is 0.140 e. The molecule has 4 heteroatoms. The molecule has 0 spiro atoms. The molecule has 1 aromatic carbocycles. The van der Waals surface area contributed by atoms with Crippen LogP contribution in [0.5, 0.6) is 0 Å². The van der Waals surface area contributed by atoms with Crippen LogP contribution in [0.1, 0.15) is 38.1 Å². The van der Waals surface area contributed by atoms with Crippen molar-refractivity contribution >= 4 is 28.2 Å². The molecule has 0 saturated carbocycles. The van der Waals surface area contributed by atoms with Crippen LogP contribution in [0.4, 0.5) is 5.69 Å². The minimum atomic E-state index is -0.275. The van der Waals surface area contributed by atoms with Gasteiger partial charge in [0.05, 0.1) is 10.9 Å². The van der Waals surface area contributed by atoms with E-state index >= 15 is 0 Å². The summed E-state index contributed by atoms with van der Waals surface area (Å²) in [4.78, 5) is 11.0. The van der Waals surface area contributed by atoms with Crippen LogP contribution in [-0.4, -0.2) is 17.0 Å². The lowest BCUT2D eigenvalue weighted by Crippen LogP contribution is -2.27. The van der Waals surface area contributed by atoms with E-state index < -0.39 is 0 Å². The Kier molecular flexibility index (Phi) is 3.72. The lowest BCUT2D eigenvalue weighted by atomic mass is 9.74. The van der Waals surface area contributed by atoms with Crippen molar-refractivity contribution in [1.82, 2.24) is 9.97 Å². The summed E-state index contributed by atoms with van der Waals surface area (Å²) in [6.45, 7) is 14.9. The average molecular weight is 328 g/mol. The number of benzene rings is 1. The van der Waals surface area contributed by atoms with Crippen LogP contribution >= 0.6 is 11.6 Å². The van der Waals surface area contributed by atoms with E-state index in [1.54, 1.807) is 0 Å². The molecule has 0 N–H and O–H groups in total. The quantitative estimate of drug-likeness (QED) is 0.575. The van der Waals surface area contributed by atoms with Gasteiger partial charge in [-0.25, -0.2) is 9.97 Å². The molecule has 0 radical (unpaired) electrons. The molecule has 120 valence electrons. The SMILES string of the molecule is C=C(CCC)C1(C)C(=C)N(C)c2cc3nc(C)nc(Cl)c3cc21. The molecule has 0 saturated heterocycles. The van der Waals surface area contributed by atoms with Gasteiger partial charge < -0.3 is 4.90 Å². The number of halogens is 1. The second-order valence-corrected chi connectivity index (χ2v) is 6.79. The van der Waals surface area contributed by atoms with Gasteiger partial charge in [0.1, 0.15) is 11.0 Å². The molecule has 3 nitrogen and oxygen atoms in total. The molecule has 0 fully saturated rings. The normalized spacial score (nSPS) is 20.2. The highest BCUT2D eigenvalue weighted by molar-refractivity contribution is 6.34. The Hall–Kier alpha value is -1.87. The van der Waals surface area contributed by atoms with E-state index in [2.05, 4.69) is 54.0 Å². The highest BCUT2D eigenvalue weighted by Crippen LogP contribution is 2.52. The van der Waals surface area contributed by atoms with Crippen LogP contribution in [0.3, 0.4) is 0 Å². The van der Waals surface area contributed by atoms with E-state index in [9.17, 15) is 0 Å². The first-order chi connectivity index (χ1) is 10.8. The Morgan fingerprint density at radius 3 is 2.70 bits per heavy atom. The van der Waals surface area contributed by atoms with Crippen LogP contribution in [0, 0.1) is 6.92 Å². The summed E-state index contributed by atoms with van der Waals surface area (Å²) in [6.07, 6.45) is 2.04. The highest BCUT2D eigenvalue weighted by Gasteiger charge is 2.43. The molecule has 0 aliphatic carbocycles. The van der Waals surface area contributed by atoms with Gasteiger partial charge in [-0.2, -0.15) is 0 Å². The zero-order valence-corrected chi connectivity index (χ0v) is 15.0. The third-order valence-corrected chi connectivity index (χ3v) is 5.31. The topological polar surface area (TPSA) is 29.0 Å². The molecule has 0 bridgehead atoms. The molecule has 1 aliphatic heterocycles. The monoisotopic (exact) mass is 327 g/mol. The van der Waals surface area contributed by atoms with Crippen LogP contribution in [0.2, 0.25) is 5.15 Å². The third-order valence-electron chi connectivity index (χ3n) is 5.02. The summed E-state index contributed by atoms with van der Waals surface area (Å²) in [5.41, 5.74) is 5.12. The number of fused-ring (bicyclic) bond motifs is 2. The van der Waals surface area contributed by atoms with Gasteiger partial charge in [0, 0.05) is 23.8 Å². The van der Waals surface area contributed by atoms with Crippen LogP contribution in [0.25, 0.3) is 10.9 Å². The lowest BCUT2D eigenvalue weighted by molar-refractivity contribution is 0.635. The first-order valence-corrected chi connectivity index (χ1v) is 8.28. The van der Waals surface area contributed by atoms with E-state index in [0.29, 0.717) is 11.0 Å². The summed E-state index contributed by atoms with van der Waals surface area (Å²) >= 11 is 6.36.